The van der Waals surface area contributed by atoms with E-state index in [0.29, 0.717) is 17.1 Å². The van der Waals surface area contributed by atoms with Crippen LogP contribution in [-0.2, 0) is 16.0 Å². The first kappa shape index (κ1) is 12.2. The average molecular weight is 263 g/mol. The summed E-state index contributed by atoms with van der Waals surface area (Å²) in [5.41, 5.74) is -0.858. The molecule has 1 aliphatic heterocycles. The van der Waals surface area contributed by atoms with E-state index in [-0.39, 0.29) is 6.79 Å². The van der Waals surface area contributed by atoms with Crippen LogP contribution in [0.4, 0.5) is 4.39 Å². The van der Waals surface area contributed by atoms with Gasteiger partial charge in [0.05, 0.1) is 0 Å². The Balaban J connectivity index is 2.18. The van der Waals surface area contributed by atoms with Crippen LogP contribution >= 0.6 is 0 Å². The van der Waals surface area contributed by atoms with Gasteiger partial charge < -0.3 is 9.47 Å². The number of carbonyl (C=O) groups excluding carboxylic acids is 1. The van der Waals surface area contributed by atoms with Gasteiger partial charge >= 0.3 is 0 Å². The lowest BCUT2D eigenvalue weighted by Gasteiger charge is -2.19. The van der Waals surface area contributed by atoms with Crippen LogP contribution < -0.4 is 9.47 Å². The van der Waals surface area contributed by atoms with E-state index in [9.17, 15) is 9.18 Å². The number of rotatable bonds is 3. The van der Waals surface area contributed by atoms with Gasteiger partial charge in [0.15, 0.2) is 11.5 Å². The first-order valence-corrected chi connectivity index (χ1v) is 6.19. The number of benzene rings is 1. The monoisotopic (exact) mass is 263 g/mol. The fourth-order valence-electron chi connectivity index (χ4n) is 2.35. The van der Waals surface area contributed by atoms with Crippen LogP contribution in [0.3, 0.4) is 0 Å². The Hall–Kier alpha value is -1.87. The number of fused-ring (bicyclic) bond motifs is 1. The summed E-state index contributed by atoms with van der Waals surface area (Å²) in [6.07, 6.45) is 3.09. The van der Waals surface area contributed by atoms with E-state index in [1.165, 1.54) is 13.8 Å². The molecule has 0 aromatic heterocycles. The maximum absolute atomic E-state index is 14.2. The largest absolute Gasteiger partial charge is 0.454 e. The van der Waals surface area contributed by atoms with E-state index in [1.54, 1.807) is 18.2 Å². The number of ether oxygens (including phenoxy) is 2. The van der Waals surface area contributed by atoms with Crippen LogP contribution in [0, 0.1) is 0 Å². The summed E-state index contributed by atoms with van der Waals surface area (Å²) in [5.74, 6) is 1.09. The highest BCUT2D eigenvalue weighted by atomic mass is 19.1. The summed E-state index contributed by atoms with van der Waals surface area (Å²) in [7, 11) is 0. The number of alkyl halides is 1. The highest BCUT2D eigenvalue weighted by molar-refractivity contribution is 5.57. The highest BCUT2D eigenvalue weighted by Crippen LogP contribution is 2.56. The smallest absolute Gasteiger partial charge is 0.235 e. The normalized spacial score (nSPS) is 18.9. The van der Waals surface area contributed by atoms with Gasteiger partial charge in [-0.1, -0.05) is 0 Å². The van der Waals surface area contributed by atoms with Crippen molar-refractivity contribution in [3.8, 4) is 11.5 Å². The third-order valence-electron chi connectivity index (χ3n) is 3.64. The number of hydrogen-bond donors (Lipinski definition) is 0. The van der Waals surface area contributed by atoms with Gasteiger partial charge in [-0.15, -0.1) is 0 Å². The van der Waals surface area contributed by atoms with Crippen LogP contribution in [0.1, 0.15) is 37.8 Å². The Morgan fingerprint density at radius 3 is 2.68 bits per heavy atom. The molecule has 0 spiro atoms. The van der Waals surface area contributed by atoms with Crippen molar-refractivity contribution in [2.24, 2.45) is 4.99 Å². The summed E-state index contributed by atoms with van der Waals surface area (Å²) >= 11 is 0. The van der Waals surface area contributed by atoms with E-state index in [2.05, 4.69) is 4.99 Å². The SMILES string of the molecule is CC(C)(F)c1cc2c(c(C3(N=C=O)CC3)c1)OCO2. The van der Waals surface area contributed by atoms with Crippen LogP contribution in [0.15, 0.2) is 17.1 Å². The molecule has 1 saturated carbocycles. The summed E-state index contributed by atoms with van der Waals surface area (Å²) in [5, 5.41) is 0. The minimum Gasteiger partial charge on any atom is -0.454 e. The van der Waals surface area contributed by atoms with Crippen molar-refractivity contribution in [2.75, 3.05) is 6.79 Å². The molecule has 0 N–H and O–H groups in total. The quantitative estimate of drug-likeness (QED) is 0.622. The van der Waals surface area contributed by atoms with Crippen molar-refractivity contribution in [2.45, 2.75) is 37.9 Å². The molecule has 1 aromatic rings. The first-order chi connectivity index (χ1) is 8.96. The van der Waals surface area contributed by atoms with Crippen molar-refractivity contribution < 1.29 is 18.7 Å². The lowest BCUT2D eigenvalue weighted by atomic mass is 9.93. The maximum atomic E-state index is 14.2. The van der Waals surface area contributed by atoms with E-state index in [4.69, 9.17) is 9.47 Å². The van der Waals surface area contributed by atoms with Gasteiger partial charge in [-0.2, -0.15) is 4.99 Å². The standard InChI is InChI=1S/C14H14FNO3/c1-13(2,15)9-5-10(14(3-4-14)16-7-17)12-11(6-9)18-8-19-12/h5-6H,3-4,8H2,1-2H3. The molecule has 4 nitrogen and oxygen atoms in total. The molecule has 0 amide bonds. The molecule has 19 heavy (non-hydrogen) atoms. The van der Waals surface area contributed by atoms with Gasteiger partial charge in [0.1, 0.15) is 11.2 Å². The summed E-state index contributed by atoms with van der Waals surface area (Å²) in [4.78, 5) is 14.5. The molecule has 1 fully saturated rings. The van der Waals surface area contributed by atoms with Crippen LogP contribution in [0.5, 0.6) is 11.5 Å². The van der Waals surface area contributed by atoms with E-state index >= 15 is 0 Å². The van der Waals surface area contributed by atoms with Crippen LogP contribution in [0.2, 0.25) is 0 Å². The number of hydrogen-bond acceptors (Lipinski definition) is 4. The molecule has 1 aromatic carbocycles. The zero-order valence-electron chi connectivity index (χ0n) is 10.8. The Bertz CT molecular complexity index is 581. The maximum Gasteiger partial charge on any atom is 0.235 e. The molecule has 1 aliphatic carbocycles. The van der Waals surface area contributed by atoms with Crippen molar-refractivity contribution in [3.05, 3.63) is 23.3 Å². The van der Waals surface area contributed by atoms with E-state index in [1.807, 2.05) is 0 Å². The Morgan fingerprint density at radius 2 is 2.11 bits per heavy atom. The molecule has 100 valence electrons. The predicted octanol–water partition coefficient (Wildman–Crippen LogP) is 2.94. The zero-order valence-corrected chi connectivity index (χ0v) is 10.8. The van der Waals surface area contributed by atoms with Crippen molar-refractivity contribution >= 4 is 6.08 Å². The molecular formula is C14H14FNO3. The minimum absolute atomic E-state index is 0.111. The van der Waals surface area contributed by atoms with Gasteiger partial charge in [0.25, 0.3) is 0 Å². The molecule has 0 saturated heterocycles. The average Bonchev–Trinajstić information content (AvgIpc) is 2.96. The van der Waals surface area contributed by atoms with Gasteiger partial charge in [0, 0.05) is 5.56 Å². The van der Waals surface area contributed by atoms with Gasteiger partial charge in [-0.3, -0.25) is 0 Å². The topological polar surface area (TPSA) is 47.9 Å². The number of aliphatic imine (C=N–C) groups is 1. The summed E-state index contributed by atoms with van der Waals surface area (Å²) < 4.78 is 24.9. The zero-order chi connectivity index (χ0) is 13.7. The third-order valence-corrected chi connectivity index (χ3v) is 3.64. The fourth-order valence-corrected chi connectivity index (χ4v) is 2.35. The number of isocyanates is 1. The Morgan fingerprint density at radius 1 is 1.37 bits per heavy atom. The Kier molecular flexibility index (Phi) is 2.44. The lowest BCUT2D eigenvalue weighted by molar-refractivity contribution is 0.172. The second kappa shape index (κ2) is 3.81. The second-order valence-corrected chi connectivity index (χ2v) is 5.46. The van der Waals surface area contributed by atoms with Crippen molar-refractivity contribution in [1.82, 2.24) is 0 Å². The van der Waals surface area contributed by atoms with E-state index in [0.717, 1.165) is 18.4 Å². The summed E-state index contributed by atoms with van der Waals surface area (Å²) in [6.45, 7) is 3.08. The van der Waals surface area contributed by atoms with Gasteiger partial charge in [-0.25, -0.2) is 9.18 Å². The van der Waals surface area contributed by atoms with Gasteiger partial charge in [-0.05, 0) is 44.4 Å². The molecule has 3 rings (SSSR count). The second-order valence-electron chi connectivity index (χ2n) is 5.46. The van der Waals surface area contributed by atoms with Crippen LogP contribution in [0.25, 0.3) is 0 Å². The highest BCUT2D eigenvalue weighted by Gasteiger charge is 2.48. The molecule has 0 atom stereocenters. The van der Waals surface area contributed by atoms with E-state index < -0.39 is 11.2 Å². The molecule has 5 heteroatoms. The molecule has 2 aliphatic rings. The molecule has 0 radical (unpaired) electrons. The number of halogens is 1. The molecule has 0 unspecified atom stereocenters. The fraction of sp³-hybridized carbons (Fsp3) is 0.500. The lowest BCUT2D eigenvalue weighted by Crippen LogP contribution is -2.12. The van der Waals surface area contributed by atoms with Crippen molar-refractivity contribution in [1.29, 1.82) is 0 Å². The number of nitrogens with zero attached hydrogens (tertiary/aromatic N) is 1. The first-order valence-electron chi connectivity index (χ1n) is 6.19. The predicted molar refractivity (Wildman–Crippen MR) is 65.7 cm³/mol. The molecule has 1 heterocycles. The summed E-state index contributed by atoms with van der Waals surface area (Å²) in [6, 6.07) is 3.37. The third kappa shape index (κ3) is 1.90. The van der Waals surface area contributed by atoms with Crippen molar-refractivity contribution in [3.63, 3.8) is 0 Å². The molecular weight excluding hydrogens is 249 g/mol. The Labute approximate surface area is 110 Å². The minimum atomic E-state index is -1.49. The van der Waals surface area contributed by atoms with Gasteiger partial charge in [0.2, 0.25) is 12.9 Å². The molecule has 0 bridgehead atoms. The van der Waals surface area contributed by atoms with Crippen LogP contribution in [-0.4, -0.2) is 12.9 Å².